The standard InChI is InChI=1S/C25H28N2O5/c1-5-11-26-20(28)13-31-19-10-9-16(12-15(19)4)17-7-6-8-18-21(17)24-27(23(18)29)22(14(2)3)25(30)32-24/h6-10,12,14,17,22H,5,11,13H2,1-4H3,(H,26,28). The van der Waals surface area contributed by atoms with E-state index in [0.717, 1.165) is 23.1 Å². The van der Waals surface area contributed by atoms with Crippen molar-refractivity contribution in [2.75, 3.05) is 13.2 Å². The summed E-state index contributed by atoms with van der Waals surface area (Å²) >= 11 is 0. The van der Waals surface area contributed by atoms with Gasteiger partial charge in [0.1, 0.15) is 11.8 Å². The monoisotopic (exact) mass is 436 g/mol. The van der Waals surface area contributed by atoms with Crippen molar-refractivity contribution in [2.24, 2.45) is 5.92 Å². The van der Waals surface area contributed by atoms with Crippen molar-refractivity contribution in [3.8, 4) is 5.75 Å². The number of carbonyl (C=O) groups excluding carboxylic acids is 3. The van der Waals surface area contributed by atoms with Crippen LogP contribution in [0, 0.1) is 12.8 Å². The molecule has 7 nitrogen and oxygen atoms in total. The van der Waals surface area contributed by atoms with E-state index in [2.05, 4.69) is 5.32 Å². The minimum Gasteiger partial charge on any atom is -0.484 e. The van der Waals surface area contributed by atoms with Crippen LogP contribution in [-0.4, -0.2) is 41.9 Å². The molecule has 2 amide bonds. The van der Waals surface area contributed by atoms with Gasteiger partial charge in [-0.05, 0) is 42.5 Å². The lowest BCUT2D eigenvalue weighted by Crippen LogP contribution is -2.39. The second-order valence-corrected chi connectivity index (χ2v) is 8.61. The molecule has 0 radical (unpaired) electrons. The van der Waals surface area contributed by atoms with Crippen molar-refractivity contribution < 1.29 is 23.9 Å². The number of nitrogens with zero attached hydrogens (tertiary/aromatic N) is 1. The number of ether oxygens (including phenoxy) is 2. The van der Waals surface area contributed by atoms with Gasteiger partial charge in [0.2, 0.25) is 5.88 Å². The second kappa shape index (κ2) is 8.65. The third-order valence-electron chi connectivity index (χ3n) is 5.90. The number of carbonyl (C=O) groups is 3. The molecule has 1 aromatic carbocycles. The molecule has 1 fully saturated rings. The van der Waals surface area contributed by atoms with E-state index in [-0.39, 0.29) is 36.2 Å². The Hall–Kier alpha value is -3.35. The minimum atomic E-state index is -0.603. The van der Waals surface area contributed by atoms with Gasteiger partial charge in [-0.15, -0.1) is 0 Å². The summed E-state index contributed by atoms with van der Waals surface area (Å²) in [5.74, 6) is -0.0225. The van der Waals surface area contributed by atoms with Crippen molar-refractivity contribution >= 4 is 17.8 Å². The molecule has 168 valence electrons. The molecule has 0 saturated carbocycles. The number of rotatable bonds is 7. The van der Waals surface area contributed by atoms with E-state index in [1.807, 2.05) is 58.0 Å². The fraction of sp³-hybridized carbons (Fsp3) is 0.400. The van der Waals surface area contributed by atoms with E-state index < -0.39 is 6.04 Å². The summed E-state index contributed by atoms with van der Waals surface area (Å²) in [7, 11) is 0. The number of nitrogens with one attached hydrogen (secondary N) is 1. The van der Waals surface area contributed by atoms with Crippen LogP contribution < -0.4 is 10.1 Å². The molecule has 1 saturated heterocycles. The third kappa shape index (κ3) is 3.72. The van der Waals surface area contributed by atoms with Gasteiger partial charge < -0.3 is 14.8 Å². The molecule has 1 aromatic rings. The summed E-state index contributed by atoms with van der Waals surface area (Å²) in [5.41, 5.74) is 3.12. The summed E-state index contributed by atoms with van der Waals surface area (Å²) < 4.78 is 11.3. The van der Waals surface area contributed by atoms with Crippen LogP contribution in [0.5, 0.6) is 5.75 Å². The second-order valence-electron chi connectivity index (χ2n) is 8.61. The van der Waals surface area contributed by atoms with E-state index in [4.69, 9.17) is 9.47 Å². The number of esters is 1. The van der Waals surface area contributed by atoms with Crippen LogP contribution in [0.25, 0.3) is 0 Å². The van der Waals surface area contributed by atoms with Crippen molar-refractivity contribution in [1.82, 2.24) is 10.2 Å². The summed E-state index contributed by atoms with van der Waals surface area (Å²) in [6, 6.07) is 5.13. The molecular formula is C25H28N2O5. The highest BCUT2D eigenvalue weighted by Gasteiger charge is 2.52. The van der Waals surface area contributed by atoms with Crippen LogP contribution in [0.1, 0.15) is 44.2 Å². The zero-order chi connectivity index (χ0) is 23.0. The van der Waals surface area contributed by atoms with Crippen LogP contribution in [0.15, 0.2) is 53.5 Å². The van der Waals surface area contributed by atoms with Crippen molar-refractivity contribution in [1.29, 1.82) is 0 Å². The highest BCUT2D eigenvalue weighted by atomic mass is 16.6. The summed E-state index contributed by atoms with van der Waals surface area (Å²) in [5, 5.41) is 2.79. The topological polar surface area (TPSA) is 84.9 Å². The van der Waals surface area contributed by atoms with Gasteiger partial charge in [-0.25, -0.2) is 4.79 Å². The number of benzene rings is 1. The zero-order valence-electron chi connectivity index (χ0n) is 18.8. The number of allylic oxidation sites excluding steroid dienone is 3. The maximum absolute atomic E-state index is 13.1. The van der Waals surface area contributed by atoms with Crippen LogP contribution >= 0.6 is 0 Å². The highest BCUT2D eigenvalue weighted by Crippen LogP contribution is 2.47. The fourth-order valence-corrected chi connectivity index (χ4v) is 4.36. The predicted octanol–water partition coefficient (Wildman–Crippen LogP) is 3.12. The average Bonchev–Trinajstić information content (AvgIpc) is 3.24. The first-order valence-electron chi connectivity index (χ1n) is 11.0. The quantitative estimate of drug-likeness (QED) is 0.664. The number of amides is 2. The molecule has 4 rings (SSSR count). The van der Waals surface area contributed by atoms with Crippen LogP contribution in [-0.2, 0) is 19.1 Å². The minimum absolute atomic E-state index is 0.0400. The first-order chi connectivity index (χ1) is 15.3. The Bertz CT molecular complexity index is 1070. The van der Waals surface area contributed by atoms with E-state index in [0.29, 0.717) is 23.8 Å². The highest BCUT2D eigenvalue weighted by molar-refractivity contribution is 6.07. The normalized spacial score (nSPS) is 21.5. The molecule has 2 aliphatic heterocycles. The lowest BCUT2D eigenvalue weighted by Gasteiger charge is -2.20. The molecule has 0 bridgehead atoms. The molecule has 2 unspecified atom stereocenters. The maximum Gasteiger partial charge on any atom is 0.336 e. The third-order valence-corrected chi connectivity index (χ3v) is 5.90. The van der Waals surface area contributed by atoms with Gasteiger partial charge in [0, 0.05) is 23.6 Å². The molecule has 32 heavy (non-hydrogen) atoms. The van der Waals surface area contributed by atoms with Gasteiger partial charge >= 0.3 is 5.97 Å². The summed E-state index contributed by atoms with van der Waals surface area (Å²) in [6.07, 6.45) is 6.51. The van der Waals surface area contributed by atoms with Crippen LogP contribution in [0.2, 0.25) is 0 Å². The summed E-state index contributed by atoms with van der Waals surface area (Å²) in [4.78, 5) is 38.9. The molecular weight excluding hydrogens is 408 g/mol. The van der Waals surface area contributed by atoms with Gasteiger partial charge in [0.25, 0.3) is 11.8 Å². The number of fused-ring (bicyclic) bond motifs is 2. The van der Waals surface area contributed by atoms with Gasteiger partial charge in [0.15, 0.2) is 6.61 Å². The molecule has 1 aliphatic carbocycles. The molecule has 0 aromatic heterocycles. The van der Waals surface area contributed by atoms with E-state index >= 15 is 0 Å². The average molecular weight is 437 g/mol. The molecule has 7 heteroatoms. The van der Waals surface area contributed by atoms with E-state index in [1.54, 1.807) is 6.08 Å². The van der Waals surface area contributed by atoms with Gasteiger partial charge in [-0.1, -0.05) is 45.1 Å². The fourth-order valence-electron chi connectivity index (χ4n) is 4.36. The van der Waals surface area contributed by atoms with Gasteiger partial charge in [0.05, 0.1) is 0 Å². The summed E-state index contributed by atoms with van der Waals surface area (Å²) in [6.45, 7) is 8.31. The Kier molecular flexibility index (Phi) is 5.91. The lowest BCUT2D eigenvalue weighted by atomic mass is 9.84. The van der Waals surface area contributed by atoms with E-state index in [9.17, 15) is 14.4 Å². The van der Waals surface area contributed by atoms with Crippen molar-refractivity contribution in [2.45, 2.75) is 46.1 Å². The van der Waals surface area contributed by atoms with Crippen molar-refractivity contribution in [3.63, 3.8) is 0 Å². The molecule has 0 spiro atoms. The lowest BCUT2D eigenvalue weighted by molar-refractivity contribution is -0.139. The Balaban J connectivity index is 1.60. The molecule has 2 heterocycles. The molecule has 2 atom stereocenters. The number of hydrogen-bond donors (Lipinski definition) is 1. The Morgan fingerprint density at radius 1 is 1.28 bits per heavy atom. The van der Waals surface area contributed by atoms with Crippen LogP contribution in [0.4, 0.5) is 0 Å². The van der Waals surface area contributed by atoms with Gasteiger partial charge in [-0.2, -0.15) is 0 Å². The zero-order valence-corrected chi connectivity index (χ0v) is 18.8. The molecule has 1 N–H and O–H groups in total. The SMILES string of the molecule is CCCNC(=O)COc1ccc(C2C=CC=C3C(=O)N4C(=C32)OC(=O)C4C(C)C)cc1C. The van der Waals surface area contributed by atoms with Crippen molar-refractivity contribution in [3.05, 3.63) is 64.6 Å². The predicted molar refractivity (Wildman–Crippen MR) is 119 cm³/mol. The smallest absolute Gasteiger partial charge is 0.336 e. The number of aryl methyl sites for hydroxylation is 1. The first kappa shape index (κ1) is 21.9. The van der Waals surface area contributed by atoms with Crippen LogP contribution in [0.3, 0.4) is 0 Å². The van der Waals surface area contributed by atoms with Gasteiger partial charge in [-0.3, -0.25) is 14.5 Å². The Morgan fingerprint density at radius 3 is 2.75 bits per heavy atom. The Morgan fingerprint density at radius 2 is 2.06 bits per heavy atom. The first-order valence-corrected chi connectivity index (χ1v) is 11.0. The largest absolute Gasteiger partial charge is 0.484 e. The molecule has 3 aliphatic rings. The van der Waals surface area contributed by atoms with E-state index in [1.165, 1.54) is 4.90 Å². The maximum atomic E-state index is 13.1. The number of hydrogen-bond acceptors (Lipinski definition) is 5. The Labute approximate surface area is 187 Å².